The Morgan fingerprint density at radius 1 is 0.951 bits per heavy atom. The van der Waals surface area contributed by atoms with Gasteiger partial charge >= 0.3 is 12.0 Å². The van der Waals surface area contributed by atoms with E-state index in [2.05, 4.69) is 21.2 Å². The zero-order valence-corrected chi connectivity index (χ0v) is 25.8. The van der Waals surface area contributed by atoms with Crippen LogP contribution in [0, 0.1) is 0 Å². The zero-order chi connectivity index (χ0) is 29.6. The first kappa shape index (κ1) is 32.7. The van der Waals surface area contributed by atoms with Crippen molar-refractivity contribution in [1.29, 1.82) is 0 Å². The SMILES string of the molecule is CCOC(Cc1ccc(OCCN(CCCOCc2cc(Cl)cc(Cl)c2)C(=O)Nc2ccc(Br)cc2)cc1)C(=O)O. The van der Waals surface area contributed by atoms with Crippen molar-refractivity contribution in [2.45, 2.75) is 32.5 Å². The van der Waals surface area contributed by atoms with Crippen molar-refractivity contribution in [2.24, 2.45) is 0 Å². The molecule has 0 aliphatic carbocycles. The third kappa shape index (κ3) is 11.9. The minimum absolute atomic E-state index is 0.247. The second kappa shape index (κ2) is 17.2. The van der Waals surface area contributed by atoms with E-state index in [1.165, 1.54) is 0 Å². The third-order valence-corrected chi connectivity index (χ3v) is 6.87. The number of hydrogen-bond acceptors (Lipinski definition) is 5. The van der Waals surface area contributed by atoms with E-state index in [1.807, 2.05) is 36.4 Å². The lowest BCUT2D eigenvalue weighted by Crippen LogP contribution is -2.39. The Morgan fingerprint density at radius 2 is 1.63 bits per heavy atom. The summed E-state index contributed by atoms with van der Waals surface area (Å²) in [5.41, 5.74) is 2.39. The number of halogens is 3. The van der Waals surface area contributed by atoms with Crippen molar-refractivity contribution in [3.8, 4) is 5.75 Å². The maximum absolute atomic E-state index is 13.1. The van der Waals surface area contributed by atoms with Crippen molar-refractivity contribution in [2.75, 3.05) is 38.2 Å². The van der Waals surface area contributed by atoms with Gasteiger partial charge in [0.1, 0.15) is 12.4 Å². The van der Waals surface area contributed by atoms with Crippen molar-refractivity contribution in [3.63, 3.8) is 0 Å². The molecule has 1 unspecified atom stereocenters. The molecule has 220 valence electrons. The maximum Gasteiger partial charge on any atom is 0.333 e. The summed E-state index contributed by atoms with van der Waals surface area (Å²) < 4.78 is 17.9. The molecule has 0 heterocycles. The fourth-order valence-corrected chi connectivity index (χ4v) is 4.76. The Labute approximate surface area is 258 Å². The molecule has 41 heavy (non-hydrogen) atoms. The summed E-state index contributed by atoms with van der Waals surface area (Å²) in [6.45, 7) is 3.96. The molecule has 0 radical (unpaired) electrons. The number of carboxylic acids is 1. The highest BCUT2D eigenvalue weighted by atomic mass is 79.9. The van der Waals surface area contributed by atoms with Crippen LogP contribution in [0.1, 0.15) is 24.5 Å². The van der Waals surface area contributed by atoms with E-state index in [4.69, 9.17) is 37.4 Å². The van der Waals surface area contributed by atoms with Crippen LogP contribution in [0.4, 0.5) is 10.5 Å². The zero-order valence-electron chi connectivity index (χ0n) is 22.7. The Kier molecular flexibility index (Phi) is 13.7. The van der Waals surface area contributed by atoms with Gasteiger partial charge in [-0.25, -0.2) is 9.59 Å². The van der Waals surface area contributed by atoms with Gasteiger partial charge in [-0.1, -0.05) is 51.3 Å². The molecule has 3 aromatic carbocycles. The number of rotatable bonds is 16. The lowest BCUT2D eigenvalue weighted by atomic mass is 10.1. The fourth-order valence-electron chi connectivity index (χ4n) is 3.92. The van der Waals surface area contributed by atoms with Crippen molar-refractivity contribution in [3.05, 3.63) is 92.4 Å². The van der Waals surface area contributed by atoms with Crippen molar-refractivity contribution >= 4 is 56.8 Å². The smallest absolute Gasteiger partial charge is 0.333 e. The maximum atomic E-state index is 13.1. The number of carbonyl (C=O) groups is 2. The molecule has 3 rings (SSSR count). The van der Waals surface area contributed by atoms with Crippen LogP contribution >= 0.6 is 39.1 Å². The number of ether oxygens (including phenoxy) is 3. The minimum Gasteiger partial charge on any atom is -0.492 e. The largest absolute Gasteiger partial charge is 0.492 e. The first-order valence-corrected chi connectivity index (χ1v) is 14.7. The molecular weight excluding hydrogens is 635 g/mol. The van der Waals surface area contributed by atoms with Crippen LogP contribution in [0.5, 0.6) is 5.75 Å². The second-order valence-electron chi connectivity index (χ2n) is 9.09. The molecule has 0 saturated heterocycles. The highest BCUT2D eigenvalue weighted by Gasteiger charge is 2.18. The molecule has 0 bridgehead atoms. The van der Waals surface area contributed by atoms with Crippen LogP contribution in [0.15, 0.2) is 71.2 Å². The summed E-state index contributed by atoms with van der Waals surface area (Å²) in [7, 11) is 0. The van der Waals surface area contributed by atoms with Gasteiger partial charge in [-0.3, -0.25) is 0 Å². The summed E-state index contributed by atoms with van der Waals surface area (Å²) in [6, 6.07) is 19.6. The normalized spacial score (nSPS) is 11.6. The molecule has 2 N–H and O–H groups in total. The summed E-state index contributed by atoms with van der Waals surface area (Å²) in [5.74, 6) is -0.373. The summed E-state index contributed by atoms with van der Waals surface area (Å²) in [6.07, 6.45) is -0.0156. The number of hydrogen-bond donors (Lipinski definition) is 2. The van der Waals surface area contributed by atoms with Crippen molar-refractivity contribution < 1.29 is 28.9 Å². The molecule has 3 aromatic rings. The molecule has 11 heteroatoms. The Hall–Kier alpha value is -2.82. The van der Waals surface area contributed by atoms with Crippen LogP contribution < -0.4 is 10.1 Å². The third-order valence-electron chi connectivity index (χ3n) is 5.91. The van der Waals surface area contributed by atoms with E-state index >= 15 is 0 Å². The number of nitrogens with zero attached hydrogens (tertiary/aromatic N) is 1. The number of nitrogens with one attached hydrogen (secondary N) is 1. The fraction of sp³-hybridized carbons (Fsp3) is 0.333. The van der Waals surface area contributed by atoms with E-state index < -0.39 is 12.1 Å². The van der Waals surface area contributed by atoms with Gasteiger partial charge in [-0.2, -0.15) is 0 Å². The first-order valence-electron chi connectivity index (χ1n) is 13.1. The predicted octanol–water partition coefficient (Wildman–Crippen LogP) is 7.31. The number of carboxylic acid groups (broad SMARTS) is 1. The second-order valence-corrected chi connectivity index (χ2v) is 10.9. The number of carbonyl (C=O) groups excluding carboxylic acids is 1. The average molecular weight is 668 g/mol. The number of aliphatic carboxylic acids is 1. The highest BCUT2D eigenvalue weighted by molar-refractivity contribution is 9.10. The van der Waals surface area contributed by atoms with Gasteiger partial charge in [-0.15, -0.1) is 0 Å². The van der Waals surface area contributed by atoms with E-state index in [-0.39, 0.29) is 19.1 Å². The van der Waals surface area contributed by atoms with Gasteiger partial charge in [-0.05, 0) is 79.1 Å². The topological polar surface area (TPSA) is 97.3 Å². The van der Waals surface area contributed by atoms with E-state index in [0.29, 0.717) is 60.8 Å². The number of amides is 2. The summed E-state index contributed by atoms with van der Waals surface area (Å²) in [5, 5.41) is 13.3. The van der Waals surface area contributed by atoms with E-state index in [9.17, 15) is 14.7 Å². The summed E-state index contributed by atoms with van der Waals surface area (Å²) >= 11 is 15.5. The van der Waals surface area contributed by atoms with Gasteiger partial charge in [0.15, 0.2) is 6.10 Å². The molecule has 0 aromatic heterocycles. The van der Waals surface area contributed by atoms with E-state index in [1.54, 1.807) is 42.2 Å². The molecule has 2 amide bonds. The molecule has 0 aliphatic rings. The Bertz CT molecular complexity index is 1240. The van der Waals surface area contributed by atoms with Crippen LogP contribution in [-0.2, 0) is 27.3 Å². The highest BCUT2D eigenvalue weighted by Crippen LogP contribution is 2.20. The quantitative estimate of drug-likeness (QED) is 0.156. The van der Waals surface area contributed by atoms with E-state index in [0.717, 1.165) is 15.6 Å². The monoisotopic (exact) mass is 666 g/mol. The minimum atomic E-state index is -0.993. The lowest BCUT2D eigenvalue weighted by molar-refractivity contribution is -0.149. The first-order chi connectivity index (χ1) is 19.7. The molecular formula is C30H33BrCl2N2O6. The van der Waals surface area contributed by atoms with Crippen LogP contribution in [0.25, 0.3) is 0 Å². The predicted molar refractivity (Wildman–Crippen MR) is 164 cm³/mol. The van der Waals surface area contributed by atoms with Crippen LogP contribution in [0.2, 0.25) is 10.0 Å². The van der Waals surface area contributed by atoms with Crippen LogP contribution in [-0.4, -0.2) is 61.0 Å². The number of anilines is 1. The van der Waals surface area contributed by atoms with Gasteiger partial charge in [0, 0.05) is 46.4 Å². The molecule has 0 saturated carbocycles. The van der Waals surface area contributed by atoms with Gasteiger partial charge < -0.3 is 29.5 Å². The molecule has 0 aliphatic heterocycles. The average Bonchev–Trinajstić information content (AvgIpc) is 2.93. The molecule has 0 fully saturated rings. The van der Waals surface area contributed by atoms with Gasteiger partial charge in [0.25, 0.3) is 0 Å². The van der Waals surface area contributed by atoms with Gasteiger partial charge in [0.2, 0.25) is 0 Å². The Morgan fingerprint density at radius 3 is 2.27 bits per heavy atom. The van der Waals surface area contributed by atoms with Gasteiger partial charge in [0.05, 0.1) is 13.2 Å². The Balaban J connectivity index is 1.52. The standard InChI is InChI=1S/C30H33BrCl2N2O6/c1-2-40-28(29(36)37)18-21-4-10-27(11-5-21)41-15-13-35(30(38)34-26-8-6-23(31)7-9-26)12-3-14-39-20-22-16-24(32)19-25(33)17-22/h4-11,16-17,19,28H,2-3,12-15,18,20H2,1H3,(H,34,38)(H,36,37). The molecule has 0 spiro atoms. The van der Waals surface area contributed by atoms with Crippen LogP contribution in [0.3, 0.4) is 0 Å². The lowest BCUT2D eigenvalue weighted by Gasteiger charge is -2.23. The summed E-state index contributed by atoms with van der Waals surface area (Å²) in [4.78, 5) is 26.1. The molecule has 8 nitrogen and oxygen atoms in total. The van der Waals surface area contributed by atoms with Crippen molar-refractivity contribution in [1.82, 2.24) is 4.90 Å². The number of urea groups is 1. The number of benzene rings is 3. The molecule has 1 atom stereocenters.